The van der Waals surface area contributed by atoms with E-state index in [0.717, 1.165) is 40.0 Å². The predicted molar refractivity (Wildman–Crippen MR) is 93.3 cm³/mol. The fourth-order valence-electron chi connectivity index (χ4n) is 2.59. The summed E-state index contributed by atoms with van der Waals surface area (Å²) in [5.74, 6) is -0.00189. The molecule has 0 radical (unpaired) electrons. The molecule has 0 aliphatic carbocycles. The minimum absolute atomic E-state index is 0.277. The van der Waals surface area contributed by atoms with Gasteiger partial charge in [0.25, 0.3) is 0 Å². The van der Waals surface area contributed by atoms with Gasteiger partial charge in [-0.3, -0.25) is 0 Å². The van der Waals surface area contributed by atoms with Crippen molar-refractivity contribution in [3.63, 3.8) is 0 Å². The normalized spacial score (nSPS) is 10.4. The quantitative estimate of drug-likeness (QED) is 0.840. The van der Waals surface area contributed by atoms with Gasteiger partial charge in [0, 0.05) is 0 Å². The highest BCUT2D eigenvalue weighted by molar-refractivity contribution is 5.89. The Morgan fingerprint density at radius 3 is 2.26 bits per heavy atom. The van der Waals surface area contributed by atoms with Gasteiger partial charge < -0.3 is 9.84 Å². The zero-order valence-electron chi connectivity index (χ0n) is 13.8. The third kappa shape index (κ3) is 3.62. The molecule has 0 aromatic heterocycles. The van der Waals surface area contributed by atoms with Crippen LogP contribution in [0.4, 0.5) is 0 Å². The third-order valence-corrected chi connectivity index (χ3v) is 3.89. The SMILES string of the molecule is C=C(c1ccc(C(=O)O)cc1)c1cc(CC)c(OCC)cc1C. The maximum atomic E-state index is 11.0. The van der Waals surface area contributed by atoms with E-state index in [1.54, 1.807) is 24.3 Å². The van der Waals surface area contributed by atoms with Crippen molar-refractivity contribution in [2.75, 3.05) is 6.61 Å². The molecule has 0 unspecified atom stereocenters. The maximum absolute atomic E-state index is 11.0. The molecule has 0 heterocycles. The highest BCUT2D eigenvalue weighted by Gasteiger charge is 2.12. The number of hydrogen-bond acceptors (Lipinski definition) is 2. The Bertz CT molecular complexity index is 727. The Morgan fingerprint density at radius 2 is 1.74 bits per heavy atom. The van der Waals surface area contributed by atoms with Crippen molar-refractivity contribution >= 4 is 11.5 Å². The standard InChI is InChI=1S/C20H22O3/c1-5-15-12-18(13(3)11-19(15)23-6-2)14(4)16-7-9-17(10-8-16)20(21)22/h7-12H,4-6H2,1-3H3,(H,21,22). The Kier molecular flexibility index (Phi) is 5.22. The average Bonchev–Trinajstić information content (AvgIpc) is 2.55. The largest absolute Gasteiger partial charge is 0.494 e. The molecule has 0 saturated heterocycles. The molecule has 120 valence electrons. The number of carbonyl (C=O) groups is 1. The van der Waals surface area contributed by atoms with E-state index in [2.05, 4.69) is 25.6 Å². The molecule has 0 fully saturated rings. The summed E-state index contributed by atoms with van der Waals surface area (Å²) in [6, 6.07) is 11.0. The van der Waals surface area contributed by atoms with E-state index in [0.29, 0.717) is 6.61 Å². The minimum Gasteiger partial charge on any atom is -0.494 e. The van der Waals surface area contributed by atoms with Gasteiger partial charge in [-0.1, -0.05) is 25.6 Å². The number of benzene rings is 2. The molecular weight excluding hydrogens is 288 g/mol. The zero-order valence-corrected chi connectivity index (χ0v) is 13.8. The van der Waals surface area contributed by atoms with Gasteiger partial charge in [0.2, 0.25) is 0 Å². The average molecular weight is 310 g/mol. The van der Waals surface area contributed by atoms with E-state index >= 15 is 0 Å². The number of hydrogen-bond donors (Lipinski definition) is 1. The van der Waals surface area contributed by atoms with Crippen LogP contribution in [0.1, 0.15) is 46.5 Å². The first-order chi connectivity index (χ1) is 11.0. The molecule has 1 N–H and O–H groups in total. The first-order valence-corrected chi connectivity index (χ1v) is 7.77. The molecule has 2 aromatic rings. The van der Waals surface area contributed by atoms with Crippen LogP contribution in [0, 0.1) is 6.92 Å². The van der Waals surface area contributed by atoms with E-state index in [1.165, 1.54) is 0 Å². The van der Waals surface area contributed by atoms with Gasteiger partial charge in [-0.25, -0.2) is 4.79 Å². The molecule has 3 heteroatoms. The highest BCUT2D eigenvalue weighted by Crippen LogP contribution is 2.31. The van der Waals surface area contributed by atoms with Crippen LogP contribution in [0.25, 0.3) is 5.57 Å². The second-order valence-corrected chi connectivity index (χ2v) is 5.42. The van der Waals surface area contributed by atoms with Crippen molar-refractivity contribution in [3.8, 4) is 5.75 Å². The summed E-state index contributed by atoms with van der Waals surface area (Å²) in [7, 11) is 0. The van der Waals surface area contributed by atoms with Gasteiger partial charge in [0.1, 0.15) is 5.75 Å². The molecule has 2 aromatic carbocycles. The molecular formula is C20H22O3. The Balaban J connectivity index is 2.40. The molecule has 0 amide bonds. The number of rotatable bonds is 6. The second-order valence-electron chi connectivity index (χ2n) is 5.42. The van der Waals surface area contributed by atoms with Crippen molar-refractivity contribution < 1.29 is 14.6 Å². The van der Waals surface area contributed by atoms with Crippen LogP contribution in [-0.4, -0.2) is 17.7 Å². The van der Waals surface area contributed by atoms with Gasteiger partial charge >= 0.3 is 5.97 Å². The molecule has 0 atom stereocenters. The summed E-state index contributed by atoms with van der Waals surface area (Å²) in [4.78, 5) is 11.0. The summed E-state index contributed by atoms with van der Waals surface area (Å²) in [6.45, 7) is 10.9. The molecule has 0 bridgehead atoms. The second kappa shape index (κ2) is 7.14. The highest BCUT2D eigenvalue weighted by atomic mass is 16.5. The monoisotopic (exact) mass is 310 g/mol. The fourth-order valence-corrected chi connectivity index (χ4v) is 2.59. The lowest BCUT2D eigenvalue weighted by molar-refractivity contribution is 0.0697. The lowest BCUT2D eigenvalue weighted by atomic mass is 9.92. The maximum Gasteiger partial charge on any atom is 0.335 e. The zero-order chi connectivity index (χ0) is 17.0. The van der Waals surface area contributed by atoms with Gasteiger partial charge in [0.05, 0.1) is 12.2 Å². The van der Waals surface area contributed by atoms with Crippen molar-refractivity contribution in [1.29, 1.82) is 0 Å². The summed E-state index contributed by atoms with van der Waals surface area (Å²) in [5.41, 5.74) is 5.39. The number of aryl methyl sites for hydroxylation is 2. The van der Waals surface area contributed by atoms with Crippen LogP contribution in [0.5, 0.6) is 5.75 Å². The first kappa shape index (κ1) is 16.8. The van der Waals surface area contributed by atoms with Gasteiger partial charge in [0.15, 0.2) is 0 Å². The third-order valence-electron chi connectivity index (χ3n) is 3.89. The lowest BCUT2D eigenvalue weighted by Crippen LogP contribution is -2.00. The number of aromatic carboxylic acids is 1. The van der Waals surface area contributed by atoms with Gasteiger partial charge in [-0.05, 0) is 72.4 Å². The van der Waals surface area contributed by atoms with Crippen molar-refractivity contribution in [2.45, 2.75) is 27.2 Å². The number of carboxylic acid groups (broad SMARTS) is 1. The van der Waals surface area contributed by atoms with E-state index in [9.17, 15) is 4.79 Å². The van der Waals surface area contributed by atoms with Crippen LogP contribution in [0.15, 0.2) is 43.0 Å². The lowest BCUT2D eigenvalue weighted by Gasteiger charge is -2.16. The van der Waals surface area contributed by atoms with Crippen molar-refractivity contribution in [1.82, 2.24) is 0 Å². The van der Waals surface area contributed by atoms with E-state index < -0.39 is 5.97 Å². The molecule has 23 heavy (non-hydrogen) atoms. The molecule has 0 aliphatic heterocycles. The van der Waals surface area contributed by atoms with Crippen LogP contribution < -0.4 is 4.74 Å². The Hall–Kier alpha value is -2.55. The Labute approximate surface area is 137 Å². The van der Waals surface area contributed by atoms with Gasteiger partial charge in [-0.15, -0.1) is 0 Å². The van der Waals surface area contributed by atoms with E-state index in [4.69, 9.17) is 9.84 Å². The predicted octanol–water partition coefficient (Wildman–Crippen LogP) is 4.72. The topological polar surface area (TPSA) is 46.5 Å². The van der Waals surface area contributed by atoms with E-state index in [1.807, 2.05) is 13.8 Å². The van der Waals surface area contributed by atoms with Crippen LogP contribution in [-0.2, 0) is 6.42 Å². The molecule has 0 saturated carbocycles. The molecule has 0 aliphatic rings. The van der Waals surface area contributed by atoms with Crippen molar-refractivity contribution in [2.24, 2.45) is 0 Å². The Morgan fingerprint density at radius 1 is 1.13 bits per heavy atom. The van der Waals surface area contributed by atoms with Crippen LogP contribution in [0.2, 0.25) is 0 Å². The number of carboxylic acids is 1. The molecule has 2 rings (SSSR count). The number of ether oxygens (including phenoxy) is 1. The molecule has 0 spiro atoms. The van der Waals surface area contributed by atoms with Gasteiger partial charge in [-0.2, -0.15) is 0 Å². The van der Waals surface area contributed by atoms with E-state index in [-0.39, 0.29) is 5.56 Å². The molecule has 3 nitrogen and oxygen atoms in total. The van der Waals surface area contributed by atoms with Crippen LogP contribution in [0.3, 0.4) is 0 Å². The summed E-state index contributed by atoms with van der Waals surface area (Å²) in [5, 5.41) is 8.99. The fraction of sp³-hybridized carbons (Fsp3) is 0.250. The van der Waals surface area contributed by atoms with Crippen LogP contribution >= 0.6 is 0 Å². The van der Waals surface area contributed by atoms with Crippen molar-refractivity contribution in [3.05, 3.63) is 70.8 Å². The minimum atomic E-state index is -0.923. The summed E-state index contributed by atoms with van der Waals surface area (Å²) in [6.07, 6.45) is 0.883. The summed E-state index contributed by atoms with van der Waals surface area (Å²) >= 11 is 0. The summed E-state index contributed by atoms with van der Waals surface area (Å²) < 4.78 is 5.70. The smallest absolute Gasteiger partial charge is 0.335 e. The first-order valence-electron chi connectivity index (χ1n) is 7.77.